The first-order chi connectivity index (χ1) is 9.58. The van der Waals surface area contributed by atoms with Crippen LogP contribution in [0.3, 0.4) is 0 Å². The summed E-state index contributed by atoms with van der Waals surface area (Å²) in [5, 5.41) is 2.49. The van der Waals surface area contributed by atoms with E-state index in [1.165, 1.54) is 27.3 Å². The summed E-state index contributed by atoms with van der Waals surface area (Å²) in [5.74, 6) is 0. The van der Waals surface area contributed by atoms with Crippen LogP contribution in [-0.4, -0.2) is 4.57 Å². The highest BCUT2D eigenvalue weighted by atomic mass is 14.9. The molecule has 0 aromatic carbocycles. The fourth-order valence-corrected chi connectivity index (χ4v) is 2.42. The maximum Gasteiger partial charge on any atom is 0.0482 e. The van der Waals surface area contributed by atoms with Crippen LogP contribution in [0.1, 0.15) is 33.3 Å². The van der Waals surface area contributed by atoms with Crippen LogP contribution in [0.5, 0.6) is 0 Å². The summed E-state index contributed by atoms with van der Waals surface area (Å²) in [4.78, 5) is 0. The number of allylic oxidation sites excluding steroid dienone is 6. The summed E-state index contributed by atoms with van der Waals surface area (Å²) in [6.45, 7) is 17.0. The van der Waals surface area contributed by atoms with Crippen LogP contribution in [-0.2, 0) is 6.54 Å². The Morgan fingerprint density at radius 2 is 1.95 bits per heavy atom. The quantitative estimate of drug-likeness (QED) is 0.715. The first kappa shape index (κ1) is 16.0. The largest absolute Gasteiger partial charge is 0.347 e. The summed E-state index contributed by atoms with van der Waals surface area (Å²) in [6, 6.07) is 0. The highest BCUT2D eigenvalue weighted by Crippen LogP contribution is 2.12. The van der Waals surface area contributed by atoms with E-state index >= 15 is 0 Å². The molecule has 1 heterocycles. The lowest BCUT2D eigenvalue weighted by Crippen LogP contribution is -2.29. The summed E-state index contributed by atoms with van der Waals surface area (Å²) in [7, 11) is 0. The third-order valence-corrected chi connectivity index (χ3v) is 3.32. The molecule has 0 unspecified atom stereocenters. The molecule has 0 N–H and O–H groups in total. The molecule has 1 aromatic heterocycles. The fourth-order valence-electron chi connectivity index (χ4n) is 2.42. The molecule has 0 radical (unpaired) electrons. The number of rotatable bonds is 5. The Labute approximate surface area is 122 Å². The predicted molar refractivity (Wildman–Crippen MR) is 91.8 cm³/mol. The zero-order chi connectivity index (χ0) is 15.1. The Kier molecular flexibility index (Phi) is 6.05. The van der Waals surface area contributed by atoms with Gasteiger partial charge in [-0.05, 0) is 39.3 Å². The zero-order valence-corrected chi connectivity index (χ0v) is 13.1. The Morgan fingerprint density at radius 1 is 1.25 bits per heavy atom. The van der Waals surface area contributed by atoms with Crippen LogP contribution < -0.4 is 10.6 Å². The molecule has 0 aliphatic heterocycles. The Morgan fingerprint density at radius 3 is 2.45 bits per heavy atom. The lowest BCUT2D eigenvalue weighted by atomic mass is 10.1. The third-order valence-electron chi connectivity index (χ3n) is 3.32. The second-order valence-corrected chi connectivity index (χ2v) is 4.79. The van der Waals surface area contributed by atoms with E-state index in [0.717, 1.165) is 6.54 Å². The van der Waals surface area contributed by atoms with Crippen molar-refractivity contribution in [3.05, 3.63) is 65.4 Å². The number of hydrogen-bond acceptors (Lipinski definition) is 0. The smallest absolute Gasteiger partial charge is 0.0482 e. The molecule has 20 heavy (non-hydrogen) atoms. The fraction of sp³-hybridized carbons (Fsp3) is 0.263. The second kappa shape index (κ2) is 7.54. The normalized spacial score (nSPS) is 14.8. The highest BCUT2D eigenvalue weighted by molar-refractivity contribution is 5.68. The van der Waals surface area contributed by atoms with Crippen LogP contribution >= 0.6 is 0 Å². The van der Waals surface area contributed by atoms with Gasteiger partial charge in [0.05, 0.1) is 0 Å². The summed E-state index contributed by atoms with van der Waals surface area (Å²) in [6.07, 6.45) is 14.3. The number of hydrogen-bond donors (Lipinski definition) is 0. The molecule has 0 aliphatic carbocycles. The van der Waals surface area contributed by atoms with Gasteiger partial charge in [-0.15, -0.1) is 0 Å². The first-order valence-corrected chi connectivity index (χ1v) is 7.05. The van der Waals surface area contributed by atoms with Crippen molar-refractivity contribution in [2.75, 3.05) is 0 Å². The number of aromatic nitrogens is 1. The minimum Gasteiger partial charge on any atom is -0.347 e. The molecule has 0 saturated carbocycles. The molecule has 0 aliphatic rings. The van der Waals surface area contributed by atoms with Crippen LogP contribution in [0.2, 0.25) is 0 Å². The molecule has 0 spiro atoms. The average molecular weight is 267 g/mol. The standard InChI is InChI=1S/C19H25N/c1-7-11-15(5)13-16(6)18-14-20(10-4)19(12-8-2)17(18)9-3/h7-9,11-14H,1-2,10H2,3-6H3/b15-11-,16-13+,17-9-,19-12+. The molecule has 0 atom stereocenters. The van der Waals surface area contributed by atoms with Gasteiger partial charge in [0.15, 0.2) is 0 Å². The Hall–Kier alpha value is -2.02. The number of aryl methyl sites for hydroxylation is 1. The van der Waals surface area contributed by atoms with E-state index in [4.69, 9.17) is 0 Å². The van der Waals surface area contributed by atoms with Gasteiger partial charge in [0.1, 0.15) is 0 Å². The zero-order valence-electron chi connectivity index (χ0n) is 13.1. The van der Waals surface area contributed by atoms with Crippen molar-refractivity contribution >= 4 is 17.7 Å². The summed E-state index contributed by atoms with van der Waals surface area (Å²) < 4.78 is 2.26. The van der Waals surface area contributed by atoms with E-state index < -0.39 is 0 Å². The minimum atomic E-state index is 0.954. The lowest BCUT2D eigenvalue weighted by molar-refractivity contribution is 0.744. The number of nitrogens with zero attached hydrogens (tertiary/aromatic N) is 1. The topological polar surface area (TPSA) is 4.93 Å². The van der Waals surface area contributed by atoms with Crippen molar-refractivity contribution in [1.82, 2.24) is 4.57 Å². The van der Waals surface area contributed by atoms with Crippen LogP contribution in [0.25, 0.3) is 17.7 Å². The van der Waals surface area contributed by atoms with Crippen molar-refractivity contribution < 1.29 is 0 Å². The molecule has 0 amide bonds. The molecular weight excluding hydrogens is 242 g/mol. The minimum absolute atomic E-state index is 0.954. The van der Waals surface area contributed by atoms with Crippen LogP contribution in [0.15, 0.2) is 49.2 Å². The van der Waals surface area contributed by atoms with E-state index in [2.05, 4.69) is 69.8 Å². The van der Waals surface area contributed by atoms with E-state index in [-0.39, 0.29) is 0 Å². The second-order valence-electron chi connectivity index (χ2n) is 4.79. The van der Waals surface area contributed by atoms with Gasteiger partial charge in [-0.25, -0.2) is 0 Å². The van der Waals surface area contributed by atoms with Crippen molar-refractivity contribution in [2.24, 2.45) is 0 Å². The molecule has 1 nitrogen and oxygen atoms in total. The summed E-state index contributed by atoms with van der Waals surface area (Å²) in [5.41, 5.74) is 3.75. The van der Waals surface area contributed by atoms with Crippen molar-refractivity contribution in [1.29, 1.82) is 0 Å². The molecular formula is C19H25N. The molecule has 0 fully saturated rings. The van der Waals surface area contributed by atoms with Gasteiger partial charge in [-0.3, -0.25) is 0 Å². The van der Waals surface area contributed by atoms with Gasteiger partial charge in [-0.2, -0.15) is 0 Å². The van der Waals surface area contributed by atoms with Gasteiger partial charge >= 0.3 is 0 Å². The molecule has 1 aromatic rings. The molecule has 0 bridgehead atoms. The van der Waals surface area contributed by atoms with Crippen molar-refractivity contribution in [3.63, 3.8) is 0 Å². The average Bonchev–Trinajstić information content (AvgIpc) is 2.77. The SMILES string of the molecule is C=C/C=C(C)\C=C(/C)c1cn(CC)c(=C/C=C)/c1=C\C. The summed E-state index contributed by atoms with van der Waals surface area (Å²) >= 11 is 0. The molecule has 106 valence electrons. The molecule has 1 heteroatoms. The lowest BCUT2D eigenvalue weighted by Gasteiger charge is -1.99. The van der Waals surface area contributed by atoms with Crippen molar-refractivity contribution in [2.45, 2.75) is 34.2 Å². The van der Waals surface area contributed by atoms with E-state index in [9.17, 15) is 0 Å². The predicted octanol–water partition coefficient (Wildman–Crippen LogP) is 3.81. The Bertz CT molecular complexity index is 663. The Balaban J connectivity index is 3.56. The third kappa shape index (κ3) is 3.51. The molecule has 1 rings (SSSR count). The van der Waals surface area contributed by atoms with Gasteiger partial charge in [0, 0.05) is 28.9 Å². The first-order valence-electron chi connectivity index (χ1n) is 7.05. The van der Waals surface area contributed by atoms with Gasteiger partial charge in [0.25, 0.3) is 0 Å². The maximum atomic E-state index is 3.82. The van der Waals surface area contributed by atoms with E-state index in [0.29, 0.717) is 0 Å². The monoisotopic (exact) mass is 267 g/mol. The van der Waals surface area contributed by atoms with Gasteiger partial charge in [0.2, 0.25) is 0 Å². The maximum absolute atomic E-state index is 3.82. The van der Waals surface area contributed by atoms with E-state index in [1.807, 2.05) is 18.2 Å². The van der Waals surface area contributed by atoms with Crippen LogP contribution in [0, 0.1) is 0 Å². The van der Waals surface area contributed by atoms with Gasteiger partial charge in [-0.1, -0.05) is 49.1 Å². The van der Waals surface area contributed by atoms with Gasteiger partial charge < -0.3 is 4.57 Å². The van der Waals surface area contributed by atoms with Crippen molar-refractivity contribution in [3.8, 4) is 0 Å². The molecule has 0 saturated heterocycles. The van der Waals surface area contributed by atoms with Crippen LogP contribution in [0.4, 0.5) is 0 Å². The van der Waals surface area contributed by atoms with E-state index in [1.54, 1.807) is 0 Å². The highest BCUT2D eigenvalue weighted by Gasteiger charge is 2.05.